The molecule has 0 unspecified atom stereocenters. The Morgan fingerprint density at radius 1 is 0.875 bits per heavy atom. The molecule has 1 nitrogen and oxygen atoms in total. The van der Waals surface area contributed by atoms with E-state index < -0.39 is 0 Å². The van der Waals surface area contributed by atoms with Crippen LogP contribution in [0.4, 0.5) is 0 Å². The first-order valence-electron chi connectivity index (χ1n) is 10.1. The van der Waals surface area contributed by atoms with E-state index in [-0.39, 0.29) is 0 Å². The summed E-state index contributed by atoms with van der Waals surface area (Å²) < 4.78 is 6.78. The Kier molecular flexibility index (Phi) is 6.40. The summed E-state index contributed by atoms with van der Waals surface area (Å²) in [6.45, 7) is 4.33. The Morgan fingerprint density at radius 2 is 1.42 bits per heavy atom. The van der Waals surface area contributed by atoms with Gasteiger partial charge in [0.2, 0.25) is 0 Å². The van der Waals surface area contributed by atoms with Crippen molar-refractivity contribution < 1.29 is 4.74 Å². The van der Waals surface area contributed by atoms with Gasteiger partial charge >= 0.3 is 0 Å². The Balaban J connectivity index is 1.82. The molecule has 0 saturated heterocycles. The molecule has 2 saturated carbocycles. The molecular formula is C23H34O. The summed E-state index contributed by atoms with van der Waals surface area (Å²) >= 11 is 0. The van der Waals surface area contributed by atoms with Gasteiger partial charge < -0.3 is 4.74 Å². The highest BCUT2D eigenvalue weighted by Gasteiger charge is 2.33. The standard InChI is InChI=1S/C23H34O/c1-18(2)17-21-15-9-10-16-22(21)24-23(19-11-5-3-6-12-19)20-13-7-4-8-14-20/h9-10,15-17,19-20,23H,3-8,11-14H2,1-2H3. The monoisotopic (exact) mass is 326 g/mol. The van der Waals surface area contributed by atoms with E-state index in [0.717, 1.165) is 17.6 Å². The summed E-state index contributed by atoms with van der Waals surface area (Å²) in [6.07, 6.45) is 16.6. The second kappa shape index (κ2) is 8.74. The minimum atomic E-state index is 0.428. The highest BCUT2D eigenvalue weighted by molar-refractivity contribution is 5.59. The maximum absolute atomic E-state index is 6.78. The van der Waals surface area contributed by atoms with Crippen molar-refractivity contribution >= 4 is 6.08 Å². The van der Waals surface area contributed by atoms with E-state index in [4.69, 9.17) is 4.74 Å². The van der Waals surface area contributed by atoms with E-state index in [1.165, 1.54) is 75.3 Å². The van der Waals surface area contributed by atoms with Crippen LogP contribution < -0.4 is 4.74 Å². The Bertz CT molecular complexity index is 511. The third-order valence-corrected chi connectivity index (χ3v) is 5.86. The molecule has 24 heavy (non-hydrogen) atoms. The van der Waals surface area contributed by atoms with Gasteiger partial charge in [-0.15, -0.1) is 0 Å². The molecule has 0 radical (unpaired) electrons. The number of benzene rings is 1. The average molecular weight is 327 g/mol. The summed E-state index contributed by atoms with van der Waals surface area (Å²) in [6, 6.07) is 8.61. The lowest BCUT2D eigenvalue weighted by atomic mass is 9.75. The lowest BCUT2D eigenvalue weighted by Gasteiger charge is -2.38. The molecule has 1 aromatic carbocycles. The maximum atomic E-state index is 6.78. The largest absolute Gasteiger partial charge is 0.489 e. The third kappa shape index (κ3) is 4.65. The van der Waals surface area contributed by atoms with Crippen molar-refractivity contribution in [3.8, 4) is 5.75 Å². The number of rotatable bonds is 5. The zero-order chi connectivity index (χ0) is 16.8. The van der Waals surface area contributed by atoms with Crippen LogP contribution >= 0.6 is 0 Å². The summed E-state index contributed by atoms with van der Waals surface area (Å²) in [5.74, 6) is 2.63. The van der Waals surface area contributed by atoms with E-state index in [0.29, 0.717) is 6.10 Å². The number of allylic oxidation sites excluding steroid dienone is 1. The molecule has 2 fully saturated rings. The quantitative estimate of drug-likeness (QED) is 0.565. The lowest BCUT2D eigenvalue weighted by Crippen LogP contribution is -2.37. The SMILES string of the molecule is CC(C)=Cc1ccccc1OC(C1CCCCC1)C1CCCCC1. The molecule has 0 N–H and O–H groups in total. The third-order valence-electron chi connectivity index (χ3n) is 5.86. The van der Waals surface area contributed by atoms with Gasteiger partial charge in [0, 0.05) is 5.56 Å². The number of hydrogen-bond donors (Lipinski definition) is 0. The molecule has 1 aromatic rings. The molecule has 1 heteroatoms. The molecule has 2 aliphatic rings. The molecule has 132 valence electrons. The van der Waals surface area contributed by atoms with E-state index in [2.05, 4.69) is 44.2 Å². The summed E-state index contributed by atoms with van der Waals surface area (Å²) in [5, 5.41) is 0. The Hall–Kier alpha value is -1.24. The fraction of sp³-hybridized carbons (Fsp3) is 0.652. The van der Waals surface area contributed by atoms with Gasteiger partial charge in [-0.1, -0.05) is 68.4 Å². The van der Waals surface area contributed by atoms with Gasteiger partial charge in [-0.25, -0.2) is 0 Å². The molecule has 0 aromatic heterocycles. The predicted octanol–water partition coefficient (Wildman–Crippen LogP) is 7.02. The molecule has 3 rings (SSSR count). The van der Waals surface area contributed by atoms with Gasteiger partial charge in [-0.2, -0.15) is 0 Å². The molecule has 0 atom stereocenters. The van der Waals surface area contributed by atoms with Crippen LogP contribution in [0.1, 0.15) is 83.6 Å². The normalized spacial score (nSPS) is 20.1. The molecule has 0 heterocycles. The van der Waals surface area contributed by atoms with Crippen LogP contribution in [0.15, 0.2) is 29.8 Å². The van der Waals surface area contributed by atoms with Crippen LogP contribution in [0.3, 0.4) is 0 Å². The lowest BCUT2D eigenvalue weighted by molar-refractivity contribution is 0.0388. The summed E-state index contributed by atoms with van der Waals surface area (Å²) in [4.78, 5) is 0. The van der Waals surface area contributed by atoms with Crippen LogP contribution in [0, 0.1) is 11.8 Å². The first kappa shape index (κ1) is 17.6. The van der Waals surface area contributed by atoms with Crippen molar-refractivity contribution in [1.82, 2.24) is 0 Å². The van der Waals surface area contributed by atoms with Crippen molar-refractivity contribution in [3.05, 3.63) is 35.4 Å². The number of para-hydroxylation sites is 1. The number of hydrogen-bond acceptors (Lipinski definition) is 1. The van der Waals surface area contributed by atoms with Crippen molar-refractivity contribution in [2.45, 2.75) is 84.2 Å². The summed E-state index contributed by atoms with van der Waals surface area (Å²) in [7, 11) is 0. The second-order valence-electron chi connectivity index (χ2n) is 8.14. The average Bonchev–Trinajstić information content (AvgIpc) is 2.62. The van der Waals surface area contributed by atoms with Crippen molar-refractivity contribution in [1.29, 1.82) is 0 Å². The molecular weight excluding hydrogens is 292 g/mol. The predicted molar refractivity (Wildman–Crippen MR) is 103 cm³/mol. The zero-order valence-electron chi connectivity index (χ0n) is 15.6. The fourth-order valence-electron chi connectivity index (χ4n) is 4.67. The fourth-order valence-corrected chi connectivity index (χ4v) is 4.67. The molecule has 0 spiro atoms. The van der Waals surface area contributed by atoms with E-state index in [1.54, 1.807) is 0 Å². The molecule has 0 amide bonds. The zero-order valence-corrected chi connectivity index (χ0v) is 15.6. The minimum absolute atomic E-state index is 0.428. The first-order chi connectivity index (χ1) is 11.7. The van der Waals surface area contributed by atoms with Gasteiger partial charge in [0.05, 0.1) is 0 Å². The van der Waals surface area contributed by atoms with Crippen LogP contribution in [-0.4, -0.2) is 6.10 Å². The van der Waals surface area contributed by atoms with Crippen molar-refractivity contribution in [2.75, 3.05) is 0 Å². The van der Waals surface area contributed by atoms with Crippen LogP contribution in [0.2, 0.25) is 0 Å². The van der Waals surface area contributed by atoms with Crippen LogP contribution in [-0.2, 0) is 0 Å². The van der Waals surface area contributed by atoms with Crippen LogP contribution in [0.25, 0.3) is 6.08 Å². The maximum Gasteiger partial charge on any atom is 0.126 e. The topological polar surface area (TPSA) is 9.23 Å². The highest BCUT2D eigenvalue weighted by atomic mass is 16.5. The molecule has 0 bridgehead atoms. The van der Waals surface area contributed by atoms with E-state index >= 15 is 0 Å². The van der Waals surface area contributed by atoms with Gasteiger partial charge in [0.15, 0.2) is 0 Å². The van der Waals surface area contributed by atoms with Crippen molar-refractivity contribution in [2.24, 2.45) is 11.8 Å². The number of ether oxygens (including phenoxy) is 1. The summed E-state index contributed by atoms with van der Waals surface area (Å²) in [5.41, 5.74) is 2.58. The Morgan fingerprint density at radius 3 is 1.96 bits per heavy atom. The van der Waals surface area contributed by atoms with E-state index in [1.807, 2.05) is 0 Å². The smallest absolute Gasteiger partial charge is 0.126 e. The van der Waals surface area contributed by atoms with Gasteiger partial charge in [0.1, 0.15) is 11.9 Å². The second-order valence-corrected chi connectivity index (χ2v) is 8.14. The highest BCUT2D eigenvalue weighted by Crippen LogP contribution is 2.38. The first-order valence-corrected chi connectivity index (χ1v) is 10.1. The van der Waals surface area contributed by atoms with Crippen molar-refractivity contribution in [3.63, 3.8) is 0 Å². The van der Waals surface area contributed by atoms with E-state index in [9.17, 15) is 0 Å². The Labute approximate surface area is 148 Å². The van der Waals surface area contributed by atoms with Gasteiger partial charge in [0.25, 0.3) is 0 Å². The van der Waals surface area contributed by atoms with Gasteiger partial charge in [-0.3, -0.25) is 0 Å². The molecule has 0 aliphatic heterocycles. The molecule has 2 aliphatic carbocycles. The minimum Gasteiger partial charge on any atom is -0.489 e. The van der Waals surface area contributed by atoms with Crippen LogP contribution in [0.5, 0.6) is 5.75 Å². The van der Waals surface area contributed by atoms with Gasteiger partial charge in [-0.05, 0) is 57.4 Å².